The highest BCUT2D eigenvalue weighted by Crippen LogP contribution is 2.34. The smallest absolute Gasteiger partial charge is 0.331 e. The molecule has 1 aromatic rings. The zero-order valence-corrected chi connectivity index (χ0v) is 14.9. The lowest BCUT2D eigenvalue weighted by atomic mass is 10.0. The van der Waals surface area contributed by atoms with Gasteiger partial charge in [0, 0.05) is 11.6 Å². The molecule has 8 nitrogen and oxygen atoms in total. The van der Waals surface area contributed by atoms with E-state index in [0.29, 0.717) is 11.3 Å². The first kappa shape index (κ1) is 18.5. The molecule has 132 valence electrons. The Hall–Kier alpha value is -2.81. The summed E-state index contributed by atoms with van der Waals surface area (Å²) in [5, 5.41) is 20.6. The van der Waals surface area contributed by atoms with Crippen LogP contribution >= 0.6 is 11.8 Å². The number of amides is 1. The van der Waals surface area contributed by atoms with E-state index in [1.165, 1.54) is 20.4 Å². The van der Waals surface area contributed by atoms with Crippen LogP contribution in [0.2, 0.25) is 0 Å². The molecule has 1 saturated heterocycles. The molecule has 1 aromatic carbocycles. The van der Waals surface area contributed by atoms with Crippen LogP contribution in [0, 0.1) is 13.8 Å². The molecule has 0 unspecified atom stereocenters. The van der Waals surface area contributed by atoms with E-state index < -0.39 is 11.9 Å². The Morgan fingerprint density at radius 2 is 2.08 bits per heavy atom. The number of thioether (sulfide) groups is 1. The van der Waals surface area contributed by atoms with Crippen LogP contribution < -0.4 is 10.1 Å². The van der Waals surface area contributed by atoms with Crippen molar-refractivity contribution in [1.29, 1.82) is 0 Å². The SMILES string of the molecule is COC(=O)/C=C1/S/C(=N\N=Cc2cc(C)c(C)c(OC)c2O)NC1=O. The minimum atomic E-state index is -0.630. The predicted octanol–water partition coefficient (Wildman–Crippen LogP) is 1.63. The maximum atomic E-state index is 11.7. The van der Waals surface area contributed by atoms with E-state index in [4.69, 9.17) is 4.74 Å². The van der Waals surface area contributed by atoms with Crippen LogP contribution in [-0.4, -0.2) is 42.6 Å². The van der Waals surface area contributed by atoms with Gasteiger partial charge in [-0.3, -0.25) is 10.1 Å². The van der Waals surface area contributed by atoms with Gasteiger partial charge in [0.05, 0.1) is 25.3 Å². The van der Waals surface area contributed by atoms with E-state index >= 15 is 0 Å². The Kier molecular flexibility index (Phi) is 5.81. The van der Waals surface area contributed by atoms with Gasteiger partial charge in [-0.05, 0) is 42.8 Å². The van der Waals surface area contributed by atoms with Crippen LogP contribution in [0.15, 0.2) is 27.3 Å². The van der Waals surface area contributed by atoms with Crippen LogP contribution in [0.1, 0.15) is 16.7 Å². The monoisotopic (exact) mass is 363 g/mol. The molecule has 1 aliphatic heterocycles. The van der Waals surface area contributed by atoms with Gasteiger partial charge in [-0.25, -0.2) is 4.79 Å². The van der Waals surface area contributed by atoms with Gasteiger partial charge in [-0.15, -0.1) is 5.10 Å². The average molecular weight is 363 g/mol. The third-order valence-electron chi connectivity index (χ3n) is 3.44. The van der Waals surface area contributed by atoms with E-state index in [-0.39, 0.29) is 15.8 Å². The topological polar surface area (TPSA) is 110 Å². The zero-order chi connectivity index (χ0) is 18.6. The summed E-state index contributed by atoms with van der Waals surface area (Å²) in [6.45, 7) is 3.73. The number of carbonyl (C=O) groups is 2. The first-order valence-electron chi connectivity index (χ1n) is 7.14. The van der Waals surface area contributed by atoms with Crippen LogP contribution in [0.5, 0.6) is 11.5 Å². The number of amidine groups is 1. The molecule has 0 aliphatic carbocycles. The van der Waals surface area contributed by atoms with Crippen molar-refractivity contribution in [2.45, 2.75) is 13.8 Å². The number of ether oxygens (including phenoxy) is 2. The van der Waals surface area contributed by atoms with E-state index in [9.17, 15) is 14.7 Å². The molecule has 0 spiro atoms. The Labute approximate surface area is 148 Å². The van der Waals surface area contributed by atoms with Crippen molar-refractivity contribution in [2.24, 2.45) is 10.2 Å². The summed E-state index contributed by atoms with van der Waals surface area (Å²) in [5.74, 6) is -0.750. The number of carbonyl (C=O) groups excluding carboxylic acids is 2. The summed E-state index contributed by atoms with van der Waals surface area (Å²) in [4.78, 5) is 23.0. The molecule has 0 aromatic heterocycles. The van der Waals surface area contributed by atoms with Crippen molar-refractivity contribution in [2.75, 3.05) is 14.2 Å². The molecule has 1 fully saturated rings. The van der Waals surface area contributed by atoms with Gasteiger partial charge in [-0.2, -0.15) is 5.10 Å². The highest BCUT2D eigenvalue weighted by atomic mass is 32.2. The molecule has 0 saturated carbocycles. The predicted molar refractivity (Wildman–Crippen MR) is 95.0 cm³/mol. The van der Waals surface area contributed by atoms with Crippen LogP contribution in [0.3, 0.4) is 0 Å². The summed E-state index contributed by atoms with van der Waals surface area (Å²) in [6, 6.07) is 1.75. The lowest BCUT2D eigenvalue weighted by Crippen LogP contribution is -2.19. The molecule has 0 bridgehead atoms. The summed E-state index contributed by atoms with van der Waals surface area (Å²) in [7, 11) is 2.70. The summed E-state index contributed by atoms with van der Waals surface area (Å²) in [6.07, 6.45) is 2.43. The number of phenols is 1. The van der Waals surface area contributed by atoms with Crippen LogP contribution in [-0.2, 0) is 14.3 Å². The molecular formula is C16H17N3O5S. The van der Waals surface area contributed by atoms with Gasteiger partial charge in [0.15, 0.2) is 16.7 Å². The molecule has 0 radical (unpaired) electrons. The number of esters is 1. The molecule has 1 heterocycles. The van der Waals surface area contributed by atoms with Gasteiger partial charge in [-0.1, -0.05) is 0 Å². The van der Waals surface area contributed by atoms with Crippen molar-refractivity contribution >= 4 is 35.0 Å². The first-order valence-corrected chi connectivity index (χ1v) is 7.96. The van der Waals surface area contributed by atoms with Gasteiger partial charge in [0.25, 0.3) is 5.91 Å². The number of benzene rings is 1. The van der Waals surface area contributed by atoms with Crippen molar-refractivity contribution in [1.82, 2.24) is 5.32 Å². The van der Waals surface area contributed by atoms with Gasteiger partial charge < -0.3 is 14.6 Å². The number of rotatable bonds is 4. The van der Waals surface area contributed by atoms with E-state index in [1.54, 1.807) is 6.07 Å². The van der Waals surface area contributed by atoms with Gasteiger partial charge in [0.1, 0.15) is 0 Å². The first-order chi connectivity index (χ1) is 11.9. The Morgan fingerprint density at radius 3 is 2.72 bits per heavy atom. The number of aromatic hydroxyl groups is 1. The summed E-state index contributed by atoms with van der Waals surface area (Å²) in [5.41, 5.74) is 2.19. The molecule has 0 atom stereocenters. The van der Waals surface area contributed by atoms with Crippen LogP contribution in [0.25, 0.3) is 0 Å². The molecule has 1 amide bonds. The summed E-state index contributed by atoms with van der Waals surface area (Å²) < 4.78 is 9.67. The Morgan fingerprint density at radius 1 is 1.36 bits per heavy atom. The molecule has 2 rings (SSSR count). The number of hydrogen-bond acceptors (Lipinski definition) is 8. The zero-order valence-electron chi connectivity index (χ0n) is 14.1. The van der Waals surface area contributed by atoms with Crippen molar-refractivity contribution in [3.63, 3.8) is 0 Å². The lowest BCUT2D eigenvalue weighted by Gasteiger charge is -2.11. The highest BCUT2D eigenvalue weighted by Gasteiger charge is 2.25. The minimum Gasteiger partial charge on any atom is -0.504 e. The second-order valence-electron chi connectivity index (χ2n) is 5.03. The van der Waals surface area contributed by atoms with Crippen molar-refractivity contribution in [3.8, 4) is 11.5 Å². The lowest BCUT2D eigenvalue weighted by molar-refractivity contribution is -0.135. The number of methoxy groups -OCH3 is 2. The van der Waals surface area contributed by atoms with Crippen molar-refractivity contribution < 1.29 is 24.2 Å². The second-order valence-corrected chi connectivity index (χ2v) is 6.06. The number of nitrogens with one attached hydrogen (secondary N) is 1. The molecule has 2 N–H and O–H groups in total. The molecule has 1 aliphatic rings. The van der Waals surface area contributed by atoms with E-state index in [2.05, 4.69) is 20.3 Å². The maximum absolute atomic E-state index is 11.7. The van der Waals surface area contributed by atoms with E-state index in [1.807, 2.05) is 13.8 Å². The Bertz CT molecular complexity index is 814. The molecule has 25 heavy (non-hydrogen) atoms. The quantitative estimate of drug-likeness (QED) is 0.364. The fourth-order valence-corrected chi connectivity index (χ4v) is 2.77. The van der Waals surface area contributed by atoms with Gasteiger partial charge in [0.2, 0.25) is 0 Å². The number of phenolic OH excluding ortho intramolecular Hbond substituents is 1. The molecular weight excluding hydrogens is 346 g/mol. The fourth-order valence-electron chi connectivity index (χ4n) is 2.03. The normalized spacial score (nSPS) is 17.4. The third-order valence-corrected chi connectivity index (χ3v) is 4.34. The minimum absolute atomic E-state index is 0.0380. The summed E-state index contributed by atoms with van der Waals surface area (Å²) >= 11 is 0.964. The average Bonchev–Trinajstić information content (AvgIpc) is 2.92. The Balaban J connectivity index is 2.20. The van der Waals surface area contributed by atoms with Gasteiger partial charge >= 0.3 is 5.97 Å². The van der Waals surface area contributed by atoms with Crippen molar-refractivity contribution in [3.05, 3.63) is 33.7 Å². The van der Waals surface area contributed by atoms with Crippen LogP contribution in [0.4, 0.5) is 0 Å². The third kappa shape index (κ3) is 4.18. The van der Waals surface area contributed by atoms with E-state index in [0.717, 1.165) is 29.0 Å². The number of aryl methyl sites for hydroxylation is 1. The largest absolute Gasteiger partial charge is 0.504 e. The second kappa shape index (κ2) is 7.84. The maximum Gasteiger partial charge on any atom is 0.331 e. The molecule has 9 heteroatoms. The fraction of sp³-hybridized carbons (Fsp3) is 0.250. The highest BCUT2D eigenvalue weighted by molar-refractivity contribution is 8.18. The number of hydrogen-bond donors (Lipinski definition) is 2. The number of nitrogens with zero attached hydrogens (tertiary/aromatic N) is 2. The standard InChI is InChI=1S/C16H17N3O5S/c1-8-5-10(13(21)14(24-4)9(8)2)7-17-19-16-18-15(22)11(25-16)6-12(20)23-3/h5-7,21H,1-4H3,(H,18,19,22)/b11-6+,17-7?.